The average molecular weight is 346 g/mol. The van der Waals surface area contributed by atoms with Crippen LogP contribution in [0.4, 0.5) is 0 Å². The first-order valence-electron chi connectivity index (χ1n) is 8.61. The van der Waals surface area contributed by atoms with Crippen molar-refractivity contribution in [3.05, 3.63) is 23.8 Å². The molecule has 0 aromatic carbocycles. The van der Waals surface area contributed by atoms with Gasteiger partial charge in [-0.15, -0.1) is 0 Å². The first-order chi connectivity index (χ1) is 11.9. The van der Waals surface area contributed by atoms with Crippen LogP contribution in [-0.2, 0) is 7.05 Å². The number of aryl methyl sites for hydroxylation is 2. The quantitative estimate of drug-likeness (QED) is 0.861. The van der Waals surface area contributed by atoms with E-state index in [1.54, 1.807) is 17.8 Å². The highest BCUT2D eigenvalue weighted by molar-refractivity contribution is 5.93. The molecule has 1 amide bonds. The van der Waals surface area contributed by atoms with E-state index in [0.29, 0.717) is 29.9 Å². The maximum atomic E-state index is 12.5. The standard InChI is InChI=1S/C17H26N6O2/c1-12(23-7-5-21(3)6-8-23)9-18-16(24)15-13(2)25-17(20-15)14-10-19-22(4)11-14/h10-12H,5-9H2,1-4H3,(H,18,24). The minimum Gasteiger partial charge on any atom is -0.440 e. The minimum atomic E-state index is -0.197. The van der Waals surface area contributed by atoms with E-state index in [0.717, 1.165) is 31.7 Å². The molecule has 2 aromatic heterocycles. The number of hydrogen-bond donors (Lipinski definition) is 1. The third kappa shape index (κ3) is 4.08. The minimum absolute atomic E-state index is 0.197. The van der Waals surface area contributed by atoms with Crippen LogP contribution in [0.2, 0.25) is 0 Å². The number of nitrogens with zero attached hydrogens (tertiary/aromatic N) is 5. The summed E-state index contributed by atoms with van der Waals surface area (Å²) in [4.78, 5) is 21.5. The van der Waals surface area contributed by atoms with E-state index in [9.17, 15) is 4.79 Å². The van der Waals surface area contributed by atoms with E-state index in [4.69, 9.17) is 4.42 Å². The normalized spacial score (nSPS) is 17.6. The van der Waals surface area contributed by atoms with Gasteiger partial charge in [-0.3, -0.25) is 14.4 Å². The van der Waals surface area contributed by atoms with Crippen molar-refractivity contribution in [2.24, 2.45) is 7.05 Å². The summed E-state index contributed by atoms with van der Waals surface area (Å²) in [7, 11) is 3.96. The Kier molecular flexibility index (Phi) is 5.19. The van der Waals surface area contributed by atoms with Crippen LogP contribution in [0.25, 0.3) is 11.5 Å². The molecule has 0 bridgehead atoms. The summed E-state index contributed by atoms with van der Waals surface area (Å²) >= 11 is 0. The molecule has 3 rings (SSSR count). The number of rotatable bonds is 5. The van der Waals surface area contributed by atoms with E-state index in [1.807, 2.05) is 13.2 Å². The van der Waals surface area contributed by atoms with Crippen LogP contribution >= 0.6 is 0 Å². The molecule has 25 heavy (non-hydrogen) atoms. The fraction of sp³-hybridized carbons (Fsp3) is 0.588. The molecule has 0 radical (unpaired) electrons. The number of hydrogen-bond acceptors (Lipinski definition) is 6. The third-order valence-electron chi connectivity index (χ3n) is 4.68. The Balaban J connectivity index is 1.59. The van der Waals surface area contributed by atoms with Crippen molar-refractivity contribution >= 4 is 5.91 Å². The summed E-state index contributed by atoms with van der Waals surface area (Å²) in [5.74, 6) is 0.740. The van der Waals surface area contributed by atoms with E-state index in [2.05, 4.69) is 39.2 Å². The highest BCUT2D eigenvalue weighted by Gasteiger charge is 2.22. The lowest BCUT2D eigenvalue weighted by molar-refractivity contribution is 0.0898. The Bertz CT molecular complexity index is 729. The van der Waals surface area contributed by atoms with Gasteiger partial charge in [-0.25, -0.2) is 4.98 Å². The maximum absolute atomic E-state index is 12.5. The van der Waals surface area contributed by atoms with Crippen LogP contribution in [0.5, 0.6) is 0 Å². The van der Waals surface area contributed by atoms with E-state index in [-0.39, 0.29) is 5.91 Å². The van der Waals surface area contributed by atoms with Gasteiger partial charge >= 0.3 is 0 Å². The van der Waals surface area contributed by atoms with Gasteiger partial charge in [0.25, 0.3) is 5.91 Å². The summed E-state index contributed by atoms with van der Waals surface area (Å²) in [6.45, 7) is 8.68. The number of aromatic nitrogens is 3. The largest absolute Gasteiger partial charge is 0.440 e. The number of piperazine rings is 1. The predicted octanol–water partition coefficient (Wildman–Crippen LogP) is 0.749. The zero-order valence-corrected chi connectivity index (χ0v) is 15.3. The monoisotopic (exact) mass is 346 g/mol. The Labute approximate surface area is 147 Å². The lowest BCUT2D eigenvalue weighted by Gasteiger charge is -2.36. The molecule has 0 spiro atoms. The van der Waals surface area contributed by atoms with Crippen LogP contribution < -0.4 is 5.32 Å². The van der Waals surface area contributed by atoms with Crippen molar-refractivity contribution in [1.82, 2.24) is 29.9 Å². The van der Waals surface area contributed by atoms with Gasteiger partial charge in [0.2, 0.25) is 5.89 Å². The molecule has 1 unspecified atom stereocenters. The van der Waals surface area contributed by atoms with Crippen molar-refractivity contribution in [3.8, 4) is 11.5 Å². The number of carbonyl (C=O) groups is 1. The molecule has 3 heterocycles. The molecule has 1 aliphatic rings. The third-order valence-corrected chi connectivity index (χ3v) is 4.68. The number of amides is 1. The Hall–Kier alpha value is -2.19. The molecule has 0 saturated carbocycles. The molecule has 1 N–H and O–H groups in total. The maximum Gasteiger partial charge on any atom is 0.273 e. The first kappa shape index (κ1) is 17.6. The van der Waals surface area contributed by atoms with E-state index >= 15 is 0 Å². The molecule has 2 aromatic rings. The fourth-order valence-electron chi connectivity index (χ4n) is 2.98. The summed E-state index contributed by atoms with van der Waals surface area (Å²) in [5, 5.41) is 7.08. The van der Waals surface area contributed by atoms with Gasteiger partial charge in [-0.2, -0.15) is 5.10 Å². The molecule has 8 nitrogen and oxygen atoms in total. The highest BCUT2D eigenvalue weighted by Crippen LogP contribution is 2.20. The molecule has 0 aliphatic carbocycles. The Morgan fingerprint density at radius 3 is 2.68 bits per heavy atom. The molecule has 1 saturated heterocycles. The Morgan fingerprint density at radius 1 is 1.32 bits per heavy atom. The fourth-order valence-corrected chi connectivity index (χ4v) is 2.98. The summed E-state index contributed by atoms with van der Waals surface area (Å²) in [6, 6.07) is 0.294. The zero-order chi connectivity index (χ0) is 18.0. The smallest absolute Gasteiger partial charge is 0.273 e. The number of carbonyl (C=O) groups excluding carboxylic acids is 1. The first-order valence-corrected chi connectivity index (χ1v) is 8.61. The molecule has 1 atom stereocenters. The molecule has 1 fully saturated rings. The predicted molar refractivity (Wildman–Crippen MR) is 94.3 cm³/mol. The van der Waals surface area contributed by atoms with E-state index < -0.39 is 0 Å². The SMILES string of the molecule is Cc1oc(-c2cnn(C)c2)nc1C(=O)NCC(C)N1CCN(C)CC1. The number of nitrogens with one attached hydrogen (secondary N) is 1. The second kappa shape index (κ2) is 7.37. The van der Waals surface area contributed by atoms with Gasteiger partial charge in [0, 0.05) is 52.0 Å². The summed E-state index contributed by atoms with van der Waals surface area (Å²) in [6.07, 6.45) is 3.48. The van der Waals surface area contributed by atoms with Gasteiger partial charge in [-0.05, 0) is 20.9 Å². The van der Waals surface area contributed by atoms with Gasteiger partial charge < -0.3 is 14.6 Å². The van der Waals surface area contributed by atoms with Gasteiger partial charge in [0.15, 0.2) is 5.69 Å². The average Bonchev–Trinajstić information content (AvgIpc) is 3.19. The van der Waals surface area contributed by atoms with Crippen LogP contribution in [0.15, 0.2) is 16.8 Å². The number of likely N-dealkylation sites (N-methyl/N-ethyl adjacent to an activating group) is 1. The van der Waals surface area contributed by atoms with E-state index in [1.165, 1.54) is 0 Å². The van der Waals surface area contributed by atoms with Crippen molar-refractivity contribution in [2.45, 2.75) is 19.9 Å². The second-order valence-corrected chi connectivity index (χ2v) is 6.72. The highest BCUT2D eigenvalue weighted by atomic mass is 16.4. The van der Waals surface area contributed by atoms with Crippen molar-refractivity contribution in [3.63, 3.8) is 0 Å². The summed E-state index contributed by atoms with van der Waals surface area (Å²) in [5.41, 5.74) is 1.10. The van der Waals surface area contributed by atoms with Crippen LogP contribution in [0.3, 0.4) is 0 Å². The molecular weight excluding hydrogens is 320 g/mol. The Morgan fingerprint density at radius 2 is 2.04 bits per heavy atom. The molecular formula is C17H26N6O2. The zero-order valence-electron chi connectivity index (χ0n) is 15.3. The van der Waals surface area contributed by atoms with Crippen LogP contribution in [0.1, 0.15) is 23.2 Å². The van der Waals surface area contributed by atoms with Crippen molar-refractivity contribution in [1.29, 1.82) is 0 Å². The number of oxazole rings is 1. The lowest BCUT2D eigenvalue weighted by Crippen LogP contribution is -2.51. The van der Waals surface area contributed by atoms with Gasteiger partial charge in [0.1, 0.15) is 5.76 Å². The lowest BCUT2D eigenvalue weighted by atomic mass is 10.2. The molecule has 8 heteroatoms. The topological polar surface area (TPSA) is 79.4 Å². The van der Waals surface area contributed by atoms with Crippen LogP contribution in [0, 0.1) is 6.92 Å². The molecule has 136 valence electrons. The van der Waals surface area contributed by atoms with Crippen LogP contribution in [-0.4, -0.2) is 76.3 Å². The van der Waals surface area contributed by atoms with Gasteiger partial charge in [-0.1, -0.05) is 0 Å². The second-order valence-electron chi connectivity index (χ2n) is 6.72. The van der Waals surface area contributed by atoms with Crippen molar-refractivity contribution < 1.29 is 9.21 Å². The summed E-state index contributed by atoms with van der Waals surface area (Å²) < 4.78 is 7.30. The van der Waals surface area contributed by atoms with Crippen molar-refractivity contribution in [2.75, 3.05) is 39.8 Å². The molecule has 1 aliphatic heterocycles. The van der Waals surface area contributed by atoms with Gasteiger partial charge in [0.05, 0.1) is 11.8 Å².